The van der Waals surface area contributed by atoms with E-state index < -0.39 is 10.0 Å². The summed E-state index contributed by atoms with van der Waals surface area (Å²) in [6.45, 7) is 5.05. The smallest absolute Gasteiger partial charge is 0.240 e. The Morgan fingerprint density at radius 1 is 1.04 bits per heavy atom. The number of hydrogen-bond acceptors (Lipinski definition) is 3. The molecule has 1 heterocycles. The molecule has 1 saturated heterocycles. The quantitative estimate of drug-likeness (QED) is 0.810. The van der Waals surface area contributed by atoms with Gasteiger partial charge >= 0.3 is 0 Å². The number of rotatable bonds is 6. The van der Waals surface area contributed by atoms with Crippen molar-refractivity contribution < 1.29 is 13.2 Å². The average molecular weight is 401 g/mol. The van der Waals surface area contributed by atoms with Gasteiger partial charge in [0.25, 0.3) is 0 Å². The number of likely N-dealkylation sites (tertiary alicyclic amines) is 1. The van der Waals surface area contributed by atoms with E-state index in [0.29, 0.717) is 37.2 Å². The van der Waals surface area contributed by atoms with Crippen molar-refractivity contribution in [2.24, 2.45) is 0 Å². The van der Waals surface area contributed by atoms with Crippen LogP contribution < -0.4 is 4.72 Å². The maximum atomic E-state index is 12.6. The van der Waals surface area contributed by atoms with E-state index in [9.17, 15) is 13.2 Å². The Kier molecular flexibility index (Phi) is 6.52. The maximum Gasteiger partial charge on any atom is 0.240 e. The molecule has 5 nitrogen and oxygen atoms in total. The maximum absolute atomic E-state index is 12.6. The molecule has 0 spiro atoms. The van der Waals surface area contributed by atoms with E-state index in [0.717, 1.165) is 23.1 Å². The number of amides is 1. The van der Waals surface area contributed by atoms with E-state index in [1.165, 1.54) is 0 Å². The lowest BCUT2D eigenvalue weighted by Gasteiger charge is -2.32. The molecule has 1 amide bonds. The first kappa shape index (κ1) is 20.6. The molecule has 150 valence electrons. The minimum absolute atomic E-state index is 0.134. The second-order valence-corrected chi connectivity index (χ2v) is 9.22. The Hall–Kier alpha value is -2.18. The molecule has 1 N–H and O–H groups in total. The van der Waals surface area contributed by atoms with Gasteiger partial charge in [0.15, 0.2) is 0 Å². The van der Waals surface area contributed by atoms with Crippen LogP contribution in [0.5, 0.6) is 0 Å². The molecule has 0 radical (unpaired) electrons. The third-order valence-electron chi connectivity index (χ3n) is 5.43. The number of benzene rings is 2. The minimum atomic E-state index is -3.54. The summed E-state index contributed by atoms with van der Waals surface area (Å²) in [5.41, 5.74) is 3.19. The first-order valence-corrected chi connectivity index (χ1v) is 11.2. The highest BCUT2D eigenvalue weighted by Gasteiger charge is 2.26. The molecule has 0 saturated carbocycles. The van der Waals surface area contributed by atoms with Crippen molar-refractivity contribution in [1.29, 1.82) is 0 Å². The predicted octanol–water partition coefficient (Wildman–Crippen LogP) is 3.21. The van der Waals surface area contributed by atoms with E-state index >= 15 is 0 Å². The van der Waals surface area contributed by atoms with Gasteiger partial charge in [-0.2, -0.15) is 0 Å². The van der Waals surface area contributed by atoms with Crippen LogP contribution in [0.2, 0.25) is 0 Å². The number of aryl methyl sites for hydroxylation is 3. The lowest BCUT2D eigenvalue weighted by Crippen LogP contribution is -2.46. The van der Waals surface area contributed by atoms with Gasteiger partial charge in [0, 0.05) is 25.6 Å². The van der Waals surface area contributed by atoms with Crippen LogP contribution in [-0.2, 0) is 21.2 Å². The number of piperidine rings is 1. The number of hydrogen-bond donors (Lipinski definition) is 1. The first-order chi connectivity index (χ1) is 13.3. The molecule has 6 heteroatoms. The fraction of sp³-hybridized carbons (Fsp3) is 0.409. The van der Waals surface area contributed by atoms with Gasteiger partial charge < -0.3 is 4.90 Å². The van der Waals surface area contributed by atoms with Crippen LogP contribution in [0.4, 0.5) is 0 Å². The highest BCUT2D eigenvalue weighted by molar-refractivity contribution is 7.89. The summed E-state index contributed by atoms with van der Waals surface area (Å²) in [5, 5.41) is 0. The SMILES string of the molecule is Cc1ccc(S(=O)(=O)NC2CCN(C(=O)CCc3ccccc3)CC2)cc1C. The third kappa shape index (κ3) is 5.20. The van der Waals surface area contributed by atoms with Gasteiger partial charge in [0.05, 0.1) is 4.90 Å². The Labute approximate surface area is 167 Å². The monoisotopic (exact) mass is 400 g/mol. The number of nitrogens with one attached hydrogen (secondary N) is 1. The lowest BCUT2D eigenvalue weighted by molar-refractivity contribution is -0.132. The van der Waals surface area contributed by atoms with Gasteiger partial charge in [0.2, 0.25) is 15.9 Å². The molecule has 0 aromatic heterocycles. The van der Waals surface area contributed by atoms with Crippen molar-refractivity contribution in [3.63, 3.8) is 0 Å². The van der Waals surface area contributed by atoms with Crippen LogP contribution in [-0.4, -0.2) is 38.4 Å². The van der Waals surface area contributed by atoms with E-state index in [-0.39, 0.29) is 11.9 Å². The molecule has 3 rings (SSSR count). The van der Waals surface area contributed by atoms with E-state index in [4.69, 9.17) is 0 Å². The Morgan fingerprint density at radius 2 is 1.71 bits per heavy atom. The summed E-state index contributed by atoms with van der Waals surface area (Å²) in [5.74, 6) is 0.138. The van der Waals surface area contributed by atoms with E-state index in [2.05, 4.69) is 4.72 Å². The van der Waals surface area contributed by atoms with Crippen molar-refractivity contribution in [3.8, 4) is 0 Å². The topological polar surface area (TPSA) is 66.5 Å². The summed E-state index contributed by atoms with van der Waals surface area (Å²) < 4.78 is 28.1. The molecular formula is C22H28N2O3S. The van der Waals surface area contributed by atoms with E-state index in [1.54, 1.807) is 12.1 Å². The molecule has 2 aromatic rings. The van der Waals surface area contributed by atoms with Crippen LogP contribution in [0.15, 0.2) is 53.4 Å². The van der Waals surface area contributed by atoms with Gasteiger partial charge in [-0.25, -0.2) is 13.1 Å². The van der Waals surface area contributed by atoms with Crippen molar-refractivity contribution in [2.75, 3.05) is 13.1 Å². The van der Waals surface area contributed by atoms with Crippen LogP contribution in [0, 0.1) is 13.8 Å². The molecule has 28 heavy (non-hydrogen) atoms. The van der Waals surface area contributed by atoms with Crippen LogP contribution in [0.1, 0.15) is 36.0 Å². The van der Waals surface area contributed by atoms with Crippen LogP contribution >= 0.6 is 0 Å². The lowest BCUT2D eigenvalue weighted by atomic mass is 10.0. The summed E-state index contributed by atoms with van der Waals surface area (Å²) in [7, 11) is -3.54. The normalized spacial score (nSPS) is 15.6. The second kappa shape index (κ2) is 8.88. The van der Waals surface area contributed by atoms with Crippen molar-refractivity contribution in [2.45, 2.75) is 50.5 Å². The van der Waals surface area contributed by atoms with Gasteiger partial charge in [-0.05, 0) is 61.9 Å². The van der Waals surface area contributed by atoms with Crippen LogP contribution in [0.25, 0.3) is 0 Å². The number of nitrogens with zero attached hydrogens (tertiary/aromatic N) is 1. The highest BCUT2D eigenvalue weighted by Crippen LogP contribution is 2.18. The summed E-state index contributed by atoms with van der Waals surface area (Å²) >= 11 is 0. The van der Waals surface area contributed by atoms with Gasteiger partial charge in [-0.3, -0.25) is 4.79 Å². The van der Waals surface area contributed by atoms with Crippen molar-refractivity contribution in [1.82, 2.24) is 9.62 Å². The minimum Gasteiger partial charge on any atom is -0.343 e. The summed E-state index contributed by atoms with van der Waals surface area (Å²) in [4.78, 5) is 14.6. The zero-order valence-corrected chi connectivity index (χ0v) is 17.3. The largest absolute Gasteiger partial charge is 0.343 e. The van der Waals surface area contributed by atoms with Gasteiger partial charge in [0.1, 0.15) is 0 Å². The molecule has 1 aliphatic rings. The number of carbonyl (C=O) groups excluding carboxylic acids is 1. The number of carbonyl (C=O) groups is 1. The summed E-state index contributed by atoms with van der Waals surface area (Å²) in [6.07, 6.45) is 2.50. The molecule has 1 fully saturated rings. The number of sulfonamides is 1. The molecule has 0 bridgehead atoms. The zero-order chi connectivity index (χ0) is 20.1. The Bertz CT molecular complexity index is 918. The Morgan fingerprint density at radius 3 is 2.36 bits per heavy atom. The molecule has 0 unspecified atom stereocenters. The van der Waals surface area contributed by atoms with Crippen molar-refractivity contribution >= 4 is 15.9 Å². The molecular weight excluding hydrogens is 372 g/mol. The average Bonchev–Trinajstić information content (AvgIpc) is 2.69. The van der Waals surface area contributed by atoms with Gasteiger partial charge in [-0.15, -0.1) is 0 Å². The van der Waals surface area contributed by atoms with Gasteiger partial charge in [-0.1, -0.05) is 36.4 Å². The van der Waals surface area contributed by atoms with Crippen LogP contribution in [0.3, 0.4) is 0 Å². The van der Waals surface area contributed by atoms with Crippen molar-refractivity contribution in [3.05, 3.63) is 65.2 Å². The molecule has 1 aliphatic heterocycles. The zero-order valence-electron chi connectivity index (χ0n) is 16.5. The molecule has 0 aliphatic carbocycles. The molecule has 2 aromatic carbocycles. The Balaban J connectivity index is 1.50. The summed E-state index contributed by atoms with van der Waals surface area (Å²) in [6, 6.07) is 15.0. The standard InChI is InChI=1S/C22H28N2O3S/c1-17-8-10-21(16-18(17)2)28(26,27)23-20-12-14-24(15-13-20)22(25)11-9-19-6-4-3-5-7-19/h3-8,10,16,20,23H,9,11-15H2,1-2H3. The predicted molar refractivity (Wildman–Crippen MR) is 111 cm³/mol. The first-order valence-electron chi connectivity index (χ1n) is 9.76. The van der Waals surface area contributed by atoms with E-state index in [1.807, 2.05) is 55.1 Å². The molecule has 0 atom stereocenters. The fourth-order valence-corrected chi connectivity index (χ4v) is 4.86. The third-order valence-corrected chi connectivity index (χ3v) is 6.95. The second-order valence-electron chi connectivity index (χ2n) is 7.51. The highest BCUT2D eigenvalue weighted by atomic mass is 32.2. The fourth-order valence-electron chi connectivity index (χ4n) is 3.47.